The Kier molecular flexibility index (Phi) is 4.54. The molecule has 126 valence electrons. The zero-order valence-electron chi connectivity index (χ0n) is 13.3. The van der Waals surface area contributed by atoms with E-state index in [1.165, 1.54) is 10.6 Å². The lowest BCUT2D eigenvalue weighted by molar-refractivity contribution is -0.134. The van der Waals surface area contributed by atoms with Crippen molar-refractivity contribution in [3.05, 3.63) is 24.5 Å². The minimum Gasteiger partial charge on any atom is -0.367 e. The number of hydrogen-bond acceptors (Lipinski definition) is 5. The Morgan fingerprint density at radius 1 is 1.22 bits per heavy atom. The zero-order valence-corrected chi connectivity index (χ0v) is 14.1. The number of anilines is 1. The molecule has 8 heteroatoms. The molecule has 0 bridgehead atoms. The van der Waals surface area contributed by atoms with E-state index in [-0.39, 0.29) is 5.91 Å². The van der Waals surface area contributed by atoms with Crippen LogP contribution < -0.4 is 4.90 Å². The molecule has 2 fully saturated rings. The molecule has 2 saturated heterocycles. The van der Waals surface area contributed by atoms with Gasteiger partial charge in [-0.15, -0.1) is 0 Å². The Balaban J connectivity index is 1.62. The maximum Gasteiger partial charge on any atom is 0.241 e. The lowest BCUT2D eigenvalue weighted by Crippen LogP contribution is -2.54. The Morgan fingerprint density at radius 3 is 2.57 bits per heavy atom. The van der Waals surface area contributed by atoms with Crippen molar-refractivity contribution >= 4 is 21.6 Å². The summed E-state index contributed by atoms with van der Waals surface area (Å²) < 4.78 is 25.0. The molecule has 2 aliphatic rings. The lowest BCUT2D eigenvalue weighted by atomic mass is 10.2. The minimum absolute atomic E-state index is 0.0567. The highest BCUT2D eigenvalue weighted by Crippen LogP contribution is 2.23. The molecule has 0 aromatic carbocycles. The number of carbonyl (C=O) groups excluding carboxylic acids is 1. The number of pyridine rings is 1. The van der Waals surface area contributed by atoms with Crippen molar-refractivity contribution in [2.75, 3.05) is 43.9 Å². The summed E-state index contributed by atoms with van der Waals surface area (Å²) in [5.41, 5.74) is 1.05. The smallest absolute Gasteiger partial charge is 0.241 e. The average Bonchev–Trinajstić information content (AvgIpc) is 3.05. The predicted octanol–water partition coefficient (Wildman–Crippen LogP) is 0.154. The summed E-state index contributed by atoms with van der Waals surface area (Å²) in [5.74, 6) is -0.0567. The third-order valence-electron chi connectivity index (χ3n) is 4.52. The molecule has 3 heterocycles. The van der Waals surface area contributed by atoms with Crippen molar-refractivity contribution in [2.45, 2.75) is 18.9 Å². The van der Waals surface area contributed by atoms with E-state index >= 15 is 0 Å². The van der Waals surface area contributed by atoms with Gasteiger partial charge in [-0.05, 0) is 25.0 Å². The summed E-state index contributed by atoms with van der Waals surface area (Å²) in [6, 6.07) is 3.39. The van der Waals surface area contributed by atoms with Crippen LogP contribution in [-0.2, 0) is 14.8 Å². The summed E-state index contributed by atoms with van der Waals surface area (Å²) in [6.07, 6.45) is 6.11. The zero-order chi connectivity index (χ0) is 16.4. The van der Waals surface area contributed by atoms with Gasteiger partial charge in [0.2, 0.25) is 15.9 Å². The van der Waals surface area contributed by atoms with Gasteiger partial charge in [0.05, 0.1) is 18.1 Å². The highest BCUT2D eigenvalue weighted by Gasteiger charge is 2.39. The molecule has 0 radical (unpaired) electrons. The fraction of sp³-hybridized carbons (Fsp3) is 0.600. The van der Waals surface area contributed by atoms with Gasteiger partial charge in [0.25, 0.3) is 0 Å². The van der Waals surface area contributed by atoms with Crippen molar-refractivity contribution in [3.63, 3.8) is 0 Å². The summed E-state index contributed by atoms with van der Waals surface area (Å²) in [6.45, 7) is 3.15. The van der Waals surface area contributed by atoms with Crippen LogP contribution in [0.3, 0.4) is 0 Å². The minimum atomic E-state index is -3.32. The Hall–Kier alpha value is -1.67. The summed E-state index contributed by atoms with van der Waals surface area (Å²) in [4.78, 5) is 20.8. The maximum absolute atomic E-state index is 12.7. The summed E-state index contributed by atoms with van der Waals surface area (Å²) >= 11 is 0. The van der Waals surface area contributed by atoms with Crippen molar-refractivity contribution in [2.24, 2.45) is 0 Å². The molecular formula is C15H22N4O3S. The van der Waals surface area contributed by atoms with Crippen LogP contribution >= 0.6 is 0 Å². The number of nitrogens with zero attached hydrogens (tertiary/aromatic N) is 4. The highest BCUT2D eigenvalue weighted by atomic mass is 32.2. The van der Waals surface area contributed by atoms with Crippen LogP contribution in [0.15, 0.2) is 24.5 Å². The second kappa shape index (κ2) is 6.45. The molecule has 0 unspecified atom stereocenters. The van der Waals surface area contributed by atoms with E-state index in [4.69, 9.17) is 0 Å². The SMILES string of the molecule is CS(=O)(=O)N1CCC[C@H]1C(=O)N1CCN(c2cccnc2)CC1. The van der Waals surface area contributed by atoms with Crippen molar-refractivity contribution in [1.29, 1.82) is 0 Å². The number of rotatable bonds is 3. The number of hydrogen-bond donors (Lipinski definition) is 0. The van der Waals surface area contributed by atoms with Crippen LogP contribution in [0.4, 0.5) is 5.69 Å². The van der Waals surface area contributed by atoms with Crippen LogP contribution in [0.2, 0.25) is 0 Å². The largest absolute Gasteiger partial charge is 0.367 e. The second-order valence-electron chi connectivity index (χ2n) is 6.06. The first-order chi connectivity index (χ1) is 11.0. The van der Waals surface area contributed by atoms with Crippen LogP contribution in [0, 0.1) is 0 Å². The van der Waals surface area contributed by atoms with Gasteiger partial charge in [-0.25, -0.2) is 8.42 Å². The fourth-order valence-electron chi connectivity index (χ4n) is 3.32. The summed E-state index contributed by atoms with van der Waals surface area (Å²) in [7, 11) is -3.32. The molecule has 0 saturated carbocycles. The second-order valence-corrected chi connectivity index (χ2v) is 7.99. The Morgan fingerprint density at radius 2 is 1.96 bits per heavy atom. The van der Waals surface area contributed by atoms with Gasteiger partial charge >= 0.3 is 0 Å². The highest BCUT2D eigenvalue weighted by molar-refractivity contribution is 7.88. The molecule has 1 atom stereocenters. The molecule has 7 nitrogen and oxygen atoms in total. The molecule has 2 aliphatic heterocycles. The van der Waals surface area contributed by atoms with Gasteiger partial charge in [-0.2, -0.15) is 4.31 Å². The number of aromatic nitrogens is 1. The van der Waals surface area contributed by atoms with E-state index in [1.54, 1.807) is 11.1 Å². The molecule has 3 rings (SSSR count). The molecule has 0 N–H and O–H groups in total. The van der Waals surface area contributed by atoms with Gasteiger partial charge in [-0.3, -0.25) is 9.78 Å². The lowest BCUT2D eigenvalue weighted by Gasteiger charge is -2.37. The number of amides is 1. The first kappa shape index (κ1) is 16.2. The quantitative estimate of drug-likeness (QED) is 0.785. The van der Waals surface area contributed by atoms with Gasteiger partial charge < -0.3 is 9.80 Å². The predicted molar refractivity (Wildman–Crippen MR) is 87.6 cm³/mol. The molecule has 1 aromatic heterocycles. The van der Waals surface area contributed by atoms with E-state index in [0.29, 0.717) is 26.1 Å². The standard InChI is InChI=1S/C15H22N4O3S/c1-23(21,22)19-7-3-5-14(19)15(20)18-10-8-17(9-11-18)13-4-2-6-16-12-13/h2,4,6,12,14H,3,5,7-11H2,1H3/t14-/m0/s1. The molecular weight excluding hydrogens is 316 g/mol. The number of carbonyl (C=O) groups is 1. The van der Waals surface area contributed by atoms with E-state index in [1.807, 2.05) is 18.3 Å². The van der Waals surface area contributed by atoms with Crippen molar-refractivity contribution in [1.82, 2.24) is 14.2 Å². The van der Waals surface area contributed by atoms with Crippen LogP contribution in [0.25, 0.3) is 0 Å². The molecule has 0 aliphatic carbocycles. The Bertz CT molecular complexity index is 657. The van der Waals surface area contributed by atoms with Crippen molar-refractivity contribution in [3.8, 4) is 0 Å². The van der Waals surface area contributed by atoms with Crippen molar-refractivity contribution < 1.29 is 13.2 Å². The van der Waals surface area contributed by atoms with E-state index in [9.17, 15) is 13.2 Å². The number of piperazine rings is 1. The first-order valence-electron chi connectivity index (χ1n) is 7.87. The molecule has 1 aromatic rings. The van der Waals surface area contributed by atoms with Gasteiger partial charge in [-0.1, -0.05) is 0 Å². The van der Waals surface area contributed by atoms with Crippen LogP contribution in [0.5, 0.6) is 0 Å². The van der Waals surface area contributed by atoms with Gasteiger partial charge in [0, 0.05) is 38.9 Å². The summed E-state index contributed by atoms with van der Waals surface area (Å²) in [5, 5.41) is 0. The molecule has 0 spiro atoms. The molecule has 23 heavy (non-hydrogen) atoms. The monoisotopic (exact) mass is 338 g/mol. The fourth-order valence-corrected chi connectivity index (χ4v) is 4.44. The third-order valence-corrected chi connectivity index (χ3v) is 5.81. The average molecular weight is 338 g/mol. The third kappa shape index (κ3) is 3.48. The topological polar surface area (TPSA) is 73.8 Å². The van der Waals surface area contributed by atoms with E-state index in [2.05, 4.69) is 9.88 Å². The molecule has 1 amide bonds. The normalized spacial score (nSPS) is 23.3. The van der Waals surface area contributed by atoms with E-state index in [0.717, 1.165) is 25.2 Å². The maximum atomic E-state index is 12.7. The number of sulfonamides is 1. The van der Waals surface area contributed by atoms with Crippen LogP contribution in [-0.4, -0.2) is 73.5 Å². The van der Waals surface area contributed by atoms with Gasteiger partial charge in [0.1, 0.15) is 6.04 Å². The van der Waals surface area contributed by atoms with Crippen LogP contribution in [0.1, 0.15) is 12.8 Å². The first-order valence-corrected chi connectivity index (χ1v) is 9.72. The van der Waals surface area contributed by atoms with E-state index < -0.39 is 16.1 Å². The Labute approximate surface area is 136 Å². The van der Waals surface area contributed by atoms with Gasteiger partial charge in [0.15, 0.2) is 0 Å².